The quantitative estimate of drug-likeness (QED) is 0.617. The van der Waals surface area contributed by atoms with E-state index in [-0.39, 0.29) is 6.61 Å². The fraction of sp³-hybridized carbons (Fsp3) is 1.00. The number of hydrogen-bond acceptors (Lipinski definition) is 2. The Labute approximate surface area is 64.6 Å². The van der Waals surface area contributed by atoms with Gasteiger partial charge in [-0.15, -0.1) is 0 Å². The summed E-state index contributed by atoms with van der Waals surface area (Å²) in [5.41, 5.74) is 0. The van der Waals surface area contributed by atoms with E-state index in [2.05, 4.69) is 0 Å². The zero-order valence-electron chi connectivity index (χ0n) is 5.34. The molecule has 0 saturated carbocycles. The average Bonchev–Trinajstić information content (AvgIpc) is 1.91. The first kappa shape index (κ1) is 7.76. The molecule has 1 atom stereocenters. The van der Waals surface area contributed by atoms with E-state index in [9.17, 15) is 5.11 Å². The van der Waals surface area contributed by atoms with Crippen molar-refractivity contribution in [2.75, 3.05) is 23.9 Å². The van der Waals surface area contributed by atoms with Gasteiger partial charge in [0.2, 0.25) is 0 Å². The van der Waals surface area contributed by atoms with Crippen LogP contribution in [-0.2, 0) is 5.11 Å². The minimum absolute atomic E-state index is 0.109. The van der Waals surface area contributed by atoms with Gasteiger partial charge < -0.3 is 0 Å². The Kier molecular flexibility index (Phi) is 3.86. The molecule has 1 saturated heterocycles. The molecule has 0 amide bonds. The van der Waals surface area contributed by atoms with Crippen molar-refractivity contribution >= 4 is 23.5 Å². The van der Waals surface area contributed by atoms with Crippen LogP contribution < -0.4 is 0 Å². The lowest BCUT2D eigenvalue weighted by atomic mass is 10.3. The van der Waals surface area contributed by atoms with Crippen molar-refractivity contribution in [1.82, 2.24) is 0 Å². The van der Waals surface area contributed by atoms with Gasteiger partial charge in [0.15, 0.2) is 0 Å². The van der Waals surface area contributed by atoms with Crippen molar-refractivity contribution in [1.29, 1.82) is 0 Å². The van der Waals surface area contributed by atoms with E-state index >= 15 is 0 Å². The lowest BCUT2D eigenvalue weighted by Gasteiger charge is -2.18. The molecule has 0 spiro atoms. The summed E-state index contributed by atoms with van der Waals surface area (Å²) in [4.78, 5) is 0. The van der Waals surface area contributed by atoms with E-state index < -0.39 is 0 Å². The van der Waals surface area contributed by atoms with Gasteiger partial charge in [-0.1, -0.05) is 0 Å². The Morgan fingerprint density at radius 2 is 2.33 bits per heavy atom. The molecule has 1 radical (unpaired) electrons. The first-order valence-electron chi connectivity index (χ1n) is 3.21. The smallest absolute Gasteiger partial charge is 0.0833 e. The van der Waals surface area contributed by atoms with Crippen LogP contribution in [0, 0.1) is 0 Å². The summed E-state index contributed by atoms with van der Waals surface area (Å²) in [6.45, 7) is 0.109. The summed E-state index contributed by atoms with van der Waals surface area (Å²) in [6.07, 6.45) is 0.873. The van der Waals surface area contributed by atoms with E-state index in [1.54, 1.807) is 0 Å². The summed E-state index contributed by atoms with van der Waals surface area (Å²) in [6, 6.07) is 0. The molecule has 1 aliphatic heterocycles. The monoisotopic (exact) mass is 163 g/mol. The molecular weight excluding hydrogens is 152 g/mol. The SMILES string of the molecule is [O]CCC1CSCCS1. The predicted molar refractivity (Wildman–Crippen MR) is 43.7 cm³/mol. The molecule has 1 heterocycles. The maximum Gasteiger partial charge on any atom is 0.0833 e. The summed E-state index contributed by atoms with van der Waals surface area (Å²) in [5.74, 6) is 3.72. The molecule has 0 aliphatic carbocycles. The number of thioether (sulfide) groups is 2. The van der Waals surface area contributed by atoms with Gasteiger partial charge in [-0.3, -0.25) is 0 Å². The standard InChI is InChI=1S/C6H11OS2/c7-2-1-6-5-8-3-4-9-6/h6H,1-5H2. The fourth-order valence-corrected chi connectivity index (χ4v) is 3.56. The van der Waals surface area contributed by atoms with E-state index in [0.717, 1.165) is 6.42 Å². The minimum atomic E-state index is 0.109. The van der Waals surface area contributed by atoms with Crippen molar-refractivity contribution in [2.45, 2.75) is 11.7 Å². The van der Waals surface area contributed by atoms with Crippen molar-refractivity contribution in [3.63, 3.8) is 0 Å². The maximum absolute atomic E-state index is 10.2. The zero-order chi connectivity index (χ0) is 6.53. The predicted octanol–water partition coefficient (Wildman–Crippen LogP) is 1.66. The molecule has 1 aliphatic rings. The normalized spacial score (nSPS) is 28.3. The number of hydrogen-bond donors (Lipinski definition) is 0. The van der Waals surface area contributed by atoms with Crippen molar-refractivity contribution in [2.24, 2.45) is 0 Å². The van der Waals surface area contributed by atoms with Gasteiger partial charge in [0.1, 0.15) is 0 Å². The van der Waals surface area contributed by atoms with Gasteiger partial charge in [-0.2, -0.15) is 23.5 Å². The summed E-state index contributed by atoms with van der Waals surface area (Å²) in [5, 5.41) is 10.8. The lowest BCUT2D eigenvalue weighted by molar-refractivity contribution is 0.190. The second kappa shape index (κ2) is 4.47. The van der Waals surface area contributed by atoms with Crippen LogP contribution >= 0.6 is 23.5 Å². The highest BCUT2D eigenvalue weighted by atomic mass is 32.2. The first-order valence-corrected chi connectivity index (χ1v) is 5.41. The van der Waals surface area contributed by atoms with Crippen LogP contribution in [0.5, 0.6) is 0 Å². The molecule has 9 heavy (non-hydrogen) atoms. The largest absolute Gasteiger partial charge is 0.237 e. The average molecular weight is 163 g/mol. The second-order valence-corrected chi connectivity index (χ2v) is 4.62. The van der Waals surface area contributed by atoms with Crippen LogP contribution in [0.15, 0.2) is 0 Å². The van der Waals surface area contributed by atoms with E-state index in [0.29, 0.717) is 5.25 Å². The summed E-state index contributed by atoms with van der Waals surface area (Å²) >= 11 is 3.95. The van der Waals surface area contributed by atoms with Crippen LogP contribution in [0.25, 0.3) is 0 Å². The molecule has 1 unspecified atom stereocenters. The third-order valence-corrected chi connectivity index (χ3v) is 4.24. The van der Waals surface area contributed by atoms with Crippen molar-refractivity contribution in [3.8, 4) is 0 Å². The molecule has 0 bridgehead atoms. The lowest BCUT2D eigenvalue weighted by Crippen LogP contribution is -2.14. The summed E-state index contributed by atoms with van der Waals surface area (Å²) < 4.78 is 0. The van der Waals surface area contributed by atoms with E-state index in [1.807, 2.05) is 23.5 Å². The Bertz CT molecular complexity index is 68.7. The highest BCUT2D eigenvalue weighted by Gasteiger charge is 2.12. The van der Waals surface area contributed by atoms with Crippen LogP contribution in [-0.4, -0.2) is 29.1 Å². The molecule has 53 valence electrons. The number of rotatable bonds is 2. The Morgan fingerprint density at radius 3 is 2.89 bits per heavy atom. The van der Waals surface area contributed by atoms with Crippen molar-refractivity contribution in [3.05, 3.63) is 0 Å². The van der Waals surface area contributed by atoms with Crippen LogP contribution in [0.4, 0.5) is 0 Å². The molecule has 0 N–H and O–H groups in total. The topological polar surface area (TPSA) is 19.9 Å². The zero-order valence-corrected chi connectivity index (χ0v) is 6.97. The summed E-state index contributed by atoms with van der Waals surface area (Å²) in [7, 11) is 0. The first-order chi connectivity index (χ1) is 4.43. The maximum atomic E-state index is 10.2. The van der Waals surface area contributed by atoms with Gasteiger partial charge >= 0.3 is 0 Å². The highest BCUT2D eigenvalue weighted by molar-refractivity contribution is 8.06. The van der Waals surface area contributed by atoms with E-state index in [4.69, 9.17) is 0 Å². The molecule has 0 aromatic heterocycles. The Morgan fingerprint density at radius 1 is 1.44 bits per heavy atom. The van der Waals surface area contributed by atoms with E-state index in [1.165, 1.54) is 17.3 Å². The minimum Gasteiger partial charge on any atom is -0.237 e. The van der Waals surface area contributed by atoms with Gasteiger partial charge in [0, 0.05) is 22.5 Å². The highest BCUT2D eigenvalue weighted by Crippen LogP contribution is 2.25. The molecule has 1 nitrogen and oxygen atoms in total. The Hall–Kier alpha value is 0.660. The Balaban J connectivity index is 2.08. The molecule has 1 rings (SSSR count). The van der Waals surface area contributed by atoms with Crippen LogP contribution in [0.2, 0.25) is 0 Å². The van der Waals surface area contributed by atoms with Gasteiger partial charge in [-0.25, -0.2) is 5.11 Å². The van der Waals surface area contributed by atoms with Gasteiger partial charge in [0.25, 0.3) is 0 Å². The van der Waals surface area contributed by atoms with Gasteiger partial charge in [0.05, 0.1) is 6.61 Å². The van der Waals surface area contributed by atoms with Crippen LogP contribution in [0.3, 0.4) is 0 Å². The molecular formula is C6H11OS2. The molecule has 0 aromatic carbocycles. The van der Waals surface area contributed by atoms with Crippen molar-refractivity contribution < 1.29 is 5.11 Å². The third kappa shape index (κ3) is 2.83. The molecule has 1 fully saturated rings. The fourth-order valence-electron chi connectivity index (χ4n) is 0.835. The molecule has 3 heteroatoms. The second-order valence-electron chi connectivity index (χ2n) is 2.06. The third-order valence-electron chi connectivity index (χ3n) is 1.32. The molecule has 0 aromatic rings. The van der Waals surface area contributed by atoms with Crippen LogP contribution in [0.1, 0.15) is 6.42 Å². The van der Waals surface area contributed by atoms with Gasteiger partial charge in [-0.05, 0) is 6.42 Å².